The Kier molecular flexibility index (Phi) is 5.75. The molecule has 0 bridgehead atoms. The first-order valence-electron chi connectivity index (χ1n) is 6.57. The summed E-state index contributed by atoms with van der Waals surface area (Å²) in [5.41, 5.74) is 4.78. The van der Waals surface area contributed by atoms with Crippen LogP contribution in [0, 0.1) is 0 Å². The second kappa shape index (κ2) is 7.08. The monoisotopic (exact) mass is 269 g/mol. The fourth-order valence-electron chi connectivity index (χ4n) is 1.61. The number of nitrogens with zero attached hydrogens (tertiary/aromatic N) is 3. The van der Waals surface area contributed by atoms with Gasteiger partial charge in [-0.15, -0.1) is 0 Å². The number of aliphatic hydroxyl groups is 1. The molecule has 0 amide bonds. The van der Waals surface area contributed by atoms with Crippen LogP contribution in [-0.2, 0) is 0 Å². The van der Waals surface area contributed by atoms with Crippen LogP contribution in [0.5, 0.6) is 6.01 Å². The van der Waals surface area contributed by atoms with Gasteiger partial charge in [-0.2, -0.15) is 15.0 Å². The second-order valence-corrected chi connectivity index (χ2v) is 4.75. The molecule has 19 heavy (non-hydrogen) atoms. The number of nitrogen functional groups attached to an aromatic ring is 1. The van der Waals surface area contributed by atoms with E-state index in [1.807, 2.05) is 13.8 Å². The zero-order valence-electron chi connectivity index (χ0n) is 11.8. The first kappa shape index (κ1) is 15.4. The van der Waals surface area contributed by atoms with Crippen LogP contribution in [0.2, 0.25) is 0 Å². The van der Waals surface area contributed by atoms with Crippen molar-refractivity contribution in [2.24, 2.45) is 0 Å². The van der Waals surface area contributed by atoms with Crippen LogP contribution >= 0.6 is 0 Å². The lowest BCUT2D eigenvalue weighted by Crippen LogP contribution is -2.33. The van der Waals surface area contributed by atoms with Crippen LogP contribution in [0.25, 0.3) is 0 Å². The van der Waals surface area contributed by atoms with Crippen LogP contribution in [-0.4, -0.2) is 38.8 Å². The van der Waals surface area contributed by atoms with E-state index in [0.29, 0.717) is 25.5 Å². The number of nitrogens with two attached hydrogens (primary N) is 1. The summed E-state index contributed by atoms with van der Waals surface area (Å²) in [5, 5.41) is 13.0. The Labute approximate surface area is 113 Å². The molecule has 0 spiro atoms. The van der Waals surface area contributed by atoms with Gasteiger partial charge in [0.15, 0.2) is 0 Å². The third-order valence-corrected chi connectivity index (χ3v) is 2.48. The Morgan fingerprint density at radius 3 is 2.63 bits per heavy atom. The molecule has 7 nitrogen and oxygen atoms in total. The highest BCUT2D eigenvalue weighted by molar-refractivity contribution is 5.32. The zero-order valence-corrected chi connectivity index (χ0v) is 11.8. The molecule has 1 atom stereocenters. The van der Waals surface area contributed by atoms with Crippen LogP contribution in [0.4, 0.5) is 11.9 Å². The zero-order chi connectivity index (χ0) is 14.3. The normalized spacial score (nSPS) is 13.9. The van der Waals surface area contributed by atoms with Gasteiger partial charge in [0.2, 0.25) is 11.9 Å². The van der Waals surface area contributed by atoms with Crippen molar-refractivity contribution in [3.8, 4) is 6.01 Å². The molecule has 108 valence electrons. The number of anilines is 2. The summed E-state index contributed by atoms with van der Waals surface area (Å²) in [6.45, 7) is 6.65. The van der Waals surface area contributed by atoms with E-state index in [1.54, 1.807) is 6.92 Å². The standard InChI is InChI=1S/C12H23N5O2/c1-4-6-12(3,18)8-14-10-15-9(13)16-11(17-10)19-7-5-2/h18H,4-8H2,1-3H3,(H3,13,14,15,16,17). The average molecular weight is 269 g/mol. The molecule has 4 N–H and O–H groups in total. The molecule has 0 aliphatic rings. The summed E-state index contributed by atoms with van der Waals surface area (Å²) in [6, 6.07) is 0.201. The van der Waals surface area contributed by atoms with Crippen molar-refractivity contribution in [3.05, 3.63) is 0 Å². The maximum Gasteiger partial charge on any atom is 0.323 e. The highest BCUT2D eigenvalue weighted by atomic mass is 16.5. The average Bonchev–Trinajstić information content (AvgIpc) is 2.33. The first-order chi connectivity index (χ1) is 8.96. The van der Waals surface area contributed by atoms with Crippen LogP contribution in [0.15, 0.2) is 0 Å². The van der Waals surface area contributed by atoms with E-state index in [1.165, 1.54) is 0 Å². The predicted molar refractivity (Wildman–Crippen MR) is 74.0 cm³/mol. The minimum Gasteiger partial charge on any atom is -0.463 e. The van der Waals surface area contributed by atoms with Crippen molar-refractivity contribution in [1.29, 1.82) is 0 Å². The number of hydrogen-bond acceptors (Lipinski definition) is 7. The summed E-state index contributed by atoms with van der Waals surface area (Å²) in [5.74, 6) is 0.411. The van der Waals surface area contributed by atoms with Crippen molar-refractivity contribution in [2.75, 3.05) is 24.2 Å². The molecule has 0 saturated carbocycles. The maximum atomic E-state index is 10.1. The van der Waals surface area contributed by atoms with Crippen LogP contribution < -0.4 is 15.8 Å². The molecule has 7 heteroatoms. The Morgan fingerprint density at radius 1 is 1.26 bits per heavy atom. The minimum atomic E-state index is -0.805. The molecule has 1 aromatic rings. The molecule has 0 fully saturated rings. The lowest BCUT2D eigenvalue weighted by Gasteiger charge is -2.22. The molecule has 0 saturated heterocycles. The molecular formula is C12H23N5O2. The molecule has 1 aromatic heterocycles. The van der Waals surface area contributed by atoms with Gasteiger partial charge >= 0.3 is 6.01 Å². The van der Waals surface area contributed by atoms with Gasteiger partial charge in [-0.05, 0) is 19.8 Å². The van der Waals surface area contributed by atoms with Gasteiger partial charge in [0.05, 0.1) is 12.2 Å². The minimum absolute atomic E-state index is 0.0961. The fraction of sp³-hybridized carbons (Fsp3) is 0.750. The third-order valence-electron chi connectivity index (χ3n) is 2.48. The van der Waals surface area contributed by atoms with E-state index in [4.69, 9.17) is 10.5 Å². The summed E-state index contributed by atoms with van der Waals surface area (Å²) in [6.07, 6.45) is 2.46. The van der Waals surface area contributed by atoms with Crippen molar-refractivity contribution >= 4 is 11.9 Å². The Balaban J connectivity index is 2.65. The highest BCUT2D eigenvalue weighted by Crippen LogP contribution is 2.14. The number of hydrogen-bond donors (Lipinski definition) is 3. The van der Waals surface area contributed by atoms with E-state index >= 15 is 0 Å². The number of ether oxygens (including phenoxy) is 1. The van der Waals surface area contributed by atoms with Crippen LogP contribution in [0.3, 0.4) is 0 Å². The fourth-order valence-corrected chi connectivity index (χ4v) is 1.61. The van der Waals surface area contributed by atoms with Crippen molar-refractivity contribution in [2.45, 2.75) is 45.6 Å². The summed E-state index contributed by atoms with van der Waals surface area (Å²) >= 11 is 0. The molecule has 0 radical (unpaired) electrons. The third kappa shape index (κ3) is 5.69. The second-order valence-electron chi connectivity index (χ2n) is 4.75. The van der Waals surface area contributed by atoms with E-state index in [9.17, 15) is 5.11 Å². The summed E-state index contributed by atoms with van der Waals surface area (Å²) in [7, 11) is 0. The van der Waals surface area contributed by atoms with E-state index in [-0.39, 0.29) is 12.0 Å². The maximum absolute atomic E-state index is 10.1. The number of rotatable bonds is 8. The van der Waals surface area contributed by atoms with Crippen molar-refractivity contribution < 1.29 is 9.84 Å². The predicted octanol–water partition coefficient (Wildman–Crippen LogP) is 1.21. The van der Waals surface area contributed by atoms with Gasteiger partial charge in [0, 0.05) is 6.54 Å². The van der Waals surface area contributed by atoms with Gasteiger partial charge in [-0.1, -0.05) is 20.3 Å². The summed E-state index contributed by atoms with van der Waals surface area (Å²) < 4.78 is 5.31. The van der Waals surface area contributed by atoms with Gasteiger partial charge < -0.3 is 20.9 Å². The molecule has 1 rings (SSSR count). The molecule has 0 aromatic carbocycles. The molecular weight excluding hydrogens is 246 g/mol. The lowest BCUT2D eigenvalue weighted by atomic mass is 10.0. The van der Waals surface area contributed by atoms with E-state index < -0.39 is 5.60 Å². The lowest BCUT2D eigenvalue weighted by molar-refractivity contribution is 0.0635. The topological polar surface area (TPSA) is 106 Å². The highest BCUT2D eigenvalue weighted by Gasteiger charge is 2.19. The Hall–Kier alpha value is -1.63. The molecule has 1 heterocycles. The van der Waals surface area contributed by atoms with Gasteiger partial charge in [0.1, 0.15) is 0 Å². The SMILES string of the molecule is CCCOc1nc(N)nc(NCC(C)(O)CCC)n1. The smallest absolute Gasteiger partial charge is 0.323 e. The van der Waals surface area contributed by atoms with Gasteiger partial charge in [-0.25, -0.2) is 0 Å². The Morgan fingerprint density at radius 2 is 2.00 bits per heavy atom. The molecule has 0 aliphatic heterocycles. The number of aromatic nitrogens is 3. The largest absolute Gasteiger partial charge is 0.463 e. The molecule has 0 aliphatic carbocycles. The van der Waals surface area contributed by atoms with E-state index in [2.05, 4.69) is 20.3 Å². The Bertz CT molecular complexity index is 398. The summed E-state index contributed by atoms with van der Waals surface area (Å²) in [4.78, 5) is 11.9. The van der Waals surface area contributed by atoms with E-state index in [0.717, 1.165) is 12.8 Å². The van der Waals surface area contributed by atoms with Gasteiger partial charge in [-0.3, -0.25) is 0 Å². The number of nitrogens with one attached hydrogen (secondary N) is 1. The van der Waals surface area contributed by atoms with Crippen molar-refractivity contribution in [1.82, 2.24) is 15.0 Å². The van der Waals surface area contributed by atoms with Crippen LogP contribution in [0.1, 0.15) is 40.0 Å². The van der Waals surface area contributed by atoms with Crippen molar-refractivity contribution in [3.63, 3.8) is 0 Å². The molecule has 1 unspecified atom stereocenters. The first-order valence-corrected chi connectivity index (χ1v) is 6.57. The van der Waals surface area contributed by atoms with Gasteiger partial charge in [0.25, 0.3) is 0 Å². The quantitative estimate of drug-likeness (QED) is 0.651.